The Balaban J connectivity index is 1.37. The minimum Gasteiger partial charge on any atom is -0.488 e. The van der Waals surface area contributed by atoms with Crippen LogP contribution < -0.4 is 15.4 Å². The fraction of sp³-hybridized carbons (Fsp3) is 0.412. The van der Waals surface area contributed by atoms with E-state index in [2.05, 4.69) is 15.8 Å². The minimum atomic E-state index is -0.495. The molecule has 0 aliphatic carbocycles. The number of urea groups is 1. The molecule has 0 bridgehead atoms. The average molecular weight is 631 g/mol. The van der Waals surface area contributed by atoms with Crippen LogP contribution in [0.3, 0.4) is 0 Å². The van der Waals surface area contributed by atoms with E-state index in [1.807, 2.05) is 49.0 Å². The van der Waals surface area contributed by atoms with Gasteiger partial charge in [-0.15, -0.1) is 0 Å². The molecule has 5 rings (SSSR count). The first kappa shape index (κ1) is 32.6. The first-order valence-corrected chi connectivity index (χ1v) is 15.4. The van der Waals surface area contributed by atoms with Crippen molar-refractivity contribution in [3.05, 3.63) is 71.2 Å². The summed E-state index contributed by atoms with van der Waals surface area (Å²) in [4.78, 5) is 43.1. The number of ether oxygens (including phenoxy) is 1. The summed E-state index contributed by atoms with van der Waals surface area (Å²) >= 11 is 0. The average Bonchev–Trinajstić information content (AvgIpc) is 3.53. The van der Waals surface area contributed by atoms with Gasteiger partial charge in [-0.1, -0.05) is 30.3 Å². The fourth-order valence-electron chi connectivity index (χ4n) is 5.89. The van der Waals surface area contributed by atoms with Crippen LogP contribution in [0.5, 0.6) is 5.75 Å². The number of amides is 4. The predicted octanol–water partition coefficient (Wildman–Crippen LogP) is 4.28. The quantitative estimate of drug-likeness (QED) is 0.264. The Labute approximate surface area is 268 Å². The molecule has 4 amide bonds. The lowest BCUT2D eigenvalue weighted by Gasteiger charge is -2.34. The van der Waals surface area contributed by atoms with Gasteiger partial charge in [0.2, 0.25) is 11.8 Å². The van der Waals surface area contributed by atoms with E-state index in [9.17, 15) is 19.5 Å². The third kappa shape index (κ3) is 7.02. The summed E-state index contributed by atoms with van der Waals surface area (Å²) in [5.74, 6) is 0.461. The SMILES string of the molecule is Cc1noc(C)c1NC(=O)N(C)C[C@H]1Oc2ccc(NC(=O)Cc3cn(C)c4ccccc34)cc2CC(=O)N([C@H](C)CO)C[C@@H]1C. The lowest BCUT2D eigenvalue weighted by Crippen LogP contribution is -2.48. The third-order valence-corrected chi connectivity index (χ3v) is 8.60. The summed E-state index contributed by atoms with van der Waals surface area (Å²) in [6.45, 7) is 7.59. The van der Waals surface area contributed by atoms with Crippen LogP contribution in [0.1, 0.15) is 36.4 Å². The van der Waals surface area contributed by atoms with Crippen LogP contribution in [0, 0.1) is 19.8 Å². The van der Waals surface area contributed by atoms with Gasteiger partial charge in [-0.25, -0.2) is 4.79 Å². The number of aliphatic hydroxyl groups is 1. The second-order valence-corrected chi connectivity index (χ2v) is 12.2. The van der Waals surface area contributed by atoms with E-state index >= 15 is 0 Å². The summed E-state index contributed by atoms with van der Waals surface area (Å²) < 4.78 is 13.7. The van der Waals surface area contributed by atoms with Gasteiger partial charge < -0.3 is 39.4 Å². The van der Waals surface area contributed by atoms with Gasteiger partial charge in [0, 0.05) is 54.9 Å². The number of aliphatic hydroxyl groups excluding tert-OH is 1. The molecule has 1 aliphatic rings. The first-order chi connectivity index (χ1) is 21.9. The molecule has 46 heavy (non-hydrogen) atoms. The molecule has 0 spiro atoms. The lowest BCUT2D eigenvalue weighted by molar-refractivity contribution is -0.134. The third-order valence-electron chi connectivity index (χ3n) is 8.60. The topological polar surface area (TPSA) is 142 Å². The van der Waals surface area contributed by atoms with Crippen LogP contribution in [-0.4, -0.2) is 81.4 Å². The number of carbonyl (C=O) groups excluding carboxylic acids is 3. The van der Waals surface area contributed by atoms with Crippen molar-refractivity contribution in [2.24, 2.45) is 13.0 Å². The van der Waals surface area contributed by atoms with Crippen molar-refractivity contribution in [1.29, 1.82) is 0 Å². The van der Waals surface area contributed by atoms with Gasteiger partial charge in [-0.2, -0.15) is 0 Å². The van der Waals surface area contributed by atoms with Crippen LogP contribution in [0.4, 0.5) is 16.2 Å². The Bertz CT molecular complexity index is 1730. The number of benzene rings is 2. The van der Waals surface area contributed by atoms with Gasteiger partial charge >= 0.3 is 6.03 Å². The molecular formula is C34H42N6O6. The van der Waals surface area contributed by atoms with Crippen molar-refractivity contribution in [1.82, 2.24) is 19.5 Å². The molecule has 0 unspecified atom stereocenters. The number of aryl methyl sites for hydroxylation is 3. The van der Waals surface area contributed by atoms with Gasteiger partial charge in [0.1, 0.15) is 23.2 Å². The maximum absolute atomic E-state index is 13.6. The number of aromatic nitrogens is 2. The highest BCUT2D eigenvalue weighted by atomic mass is 16.5. The molecule has 2 aromatic carbocycles. The normalized spacial score (nSPS) is 17.4. The number of hydrogen-bond acceptors (Lipinski definition) is 7. The van der Waals surface area contributed by atoms with Crippen LogP contribution in [-0.2, 0) is 29.5 Å². The Morgan fingerprint density at radius 1 is 1.17 bits per heavy atom. The van der Waals surface area contributed by atoms with E-state index in [0.29, 0.717) is 40.7 Å². The van der Waals surface area contributed by atoms with Crippen molar-refractivity contribution in [2.75, 3.05) is 37.4 Å². The highest BCUT2D eigenvalue weighted by molar-refractivity contribution is 5.96. The molecule has 12 nitrogen and oxygen atoms in total. The van der Waals surface area contributed by atoms with E-state index < -0.39 is 12.1 Å². The van der Waals surface area contributed by atoms with E-state index in [1.165, 1.54) is 4.90 Å². The van der Waals surface area contributed by atoms with Crippen molar-refractivity contribution in [3.8, 4) is 5.75 Å². The van der Waals surface area contributed by atoms with Crippen LogP contribution in [0.2, 0.25) is 0 Å². The predicted molar refractivity (Wildman–Crippen MR) is 175 cm³/mol. The molecule has 0 saturated carbocycles. The van der Waals surface area contributed by atoms with Crippen LogP contribution >= 0.6 is 0 Å². The highest BCUT2D eigenvalue weighted by Crippen LogP contribution is 2.30. The standard InChI is InChI=1S/C34H42N6O6/c1-20-16-40(21(2)19-41)32(43)15-24-13-26(35-31(42)14-25-17-38(5)28-10-8-7-9-27(25)28)11-12-29(24)45-30(20)18-39(6)34(44)36-33-22(3)37-46-23(33)4/h7-13,17,20-21,30,41H,14-16,18-19H2,1-6H3,(H,35,42)(H,36,44)/t20-,21+,30+/m0/s1. The Morgan fingerprint density at radius 2 is 1.93 bits per heavy atom. The second-order valence-electron chi connectivity index (χ2n) is 12.2. The summed E-state index contributed by atoms with van der Waals surface area (Å²) in [6.07, 6.45) is 1.68. The molecule has 3 heterocycles. The largest absolute Gasteiger partial charge is 0.488 e. The molecule has 4 aromatic rings. The summed E-state index contributed by atoms with van der Waals surface area (Å²) in [5.41, 5.74) is 4.22. The van der Waals surface area contributed by atoms with Crippen molar-refractivity contribution >= 4 is 40.1 Å². The molecule has 1 aliphatic heterocycles. The van der Waals surface area contributed by atoms with Crippen molar-refractivity contribution < 1.29 is 28.8 Å². The molecule has 3 atom stereocenters. The minimum absolute atomic E-state index is 0.0223. The number of nitrogens with zero attached hydrogens (tertiary/aromatic N) is 4. The molecule has 244 valence electrons. The summed E-state index contributed by atoms with van der Waals surface area (Å²) in [6, 6.07) is 12.4. The van der Waals surface area contributed by atoms with Gasteiger partial charge in [-0.3, -0.25) is 9.59 Å². The smallest absolute Gasteiger partial charge is 0.321 e. The maximum Gasteiger partial charge on any atom is 0.321 e. The zero-order valence-electron chi connectivity index (χ0n) is 27.2. The number of para-hydroxylation sites is 1. The number of nitrogens with one attached hydrogen (secondary N) is 2. The molecular weight excluding hydrogens is 588 g/mol. The van der Waals surface area contributed by atoms with E-state index in [1.54, 1.807) is 50.9 Å². The van der Waals surface area contributed by atoms with Gasteiger partial charge in [-0.05, 0) is 50.6 Å². The van der Waals surface area contributed by atoms with Gasteiger partial charge in [0.15, 0.2) is 5.76 Å². The first-order valence-electron chi connectivity index (χ1n) is 15.4. The van der Waals surface area contributed by atoms with Gasteiger partial charge in [0.25, 0.3) is 0 Å². The number of carbonyl (C=O) groups is 3. The van der Waals surface area contributed by atoms with E-state index in [4.69, 9.17) is 9.26 Å². The van der Waals surface area contributed by atoms with Crippen LogP contribution in [0.25, 0.3) is 10.9 Å². The summed E-state index contributed by atoms with van der Waals surface area (Å²) in [7, 11) is 3.63. The molecule has 2 aromatic heterocycles. The second kappa shape index (κ2) is 13.7. The molecule has 12 heteroatoms. The molecule has 0 radical (unpaired) electrons. The summed E-state index contributed by atoms with van der Waals surface area (Å²) in [5, 5.41) is 20.7. The number of hydrogen-bond donors (Lipinski definition) is 3. The molecule has 0 saturated heterocycles. The number of fused-ring (bicyclic) bond motifs is 2. The fourth-order valence-corrected chi connectivity index (χ4v) is 5.89. The number of anilines is 2. The zero-order chi connectivity index (χ0) is 33.1. The number of likely N-dealkylation sites (N-methyl/N-ethyl adjacent to an activating group) is 1. The number of rotatable bonds is 8. The Hall–Kier alpha value is -4.84. The van der Waals surface area contributed by atoms with Gasteiger partial charge in [0.05, 0.1) is 32.0 Å². The zero-order valence-corrected chi connectivity index (χ0v) is 27.2. The monoisotopic (exact) mass is 630 g/mol. The van der Waals surface area contributed by atoms with Crippen molar-refractivity contribution in [2.45, 2.75) is 52.7 Å². The molecule has 0 fully saturated rings. The van der Waals surface area contributed by atoms with Crippen molar-refractivity contribution in [3.63, 3.8) is 0 Å². The van der Waals surface area contributed by atoms with E-state index in [-0.39, 0.29) is 49.8 Å². The Kier molecular flexibility index (Phi) is 9.66. The lowest BCUT2D eigenvalue weighted by atomic mass is 10.0. The molecule has 3 N–H and O–H groups in total. The maximum atomic E-state index is 13.6. The van der Waals surface area contributed by atoms with E-state index in [0.717, 1.165) is 16.5 Å². The highest BCUT2D eigenvalue weighted by Gasteiger charge is 2.32. The van der Waals surface area contributed by atoms with Crippen LogP contribution in [0.15, 0.2) is 53.2 Å². The Morgan fingerprint density at radius 3 is 2.65 bits per heavy atom.